The predicted octanol–water partition coefficient (Wildman–Crippen LogP) is 0.891. The maximum absolute atomic E-state index is 10.4. The minimum atomic E-state index is -0.662. The number of carbonyl (C=O) groups is 1. The molecule has 0 aromatic rings. The third kappa shape index (κ3) is 1.67. The number of hydrogen-bond acceptors (Lipinski definition) is 3. The summed E-state index contributed by atoms with van der Waals surface area (Å²) in [5.41, 5.74) is 0. The molecule has 2 atom stereocenters. The van der Waals surface area contributed by atoms with Crippen LogP contribution in [-0.4, -0.2) is 24.3 Å². The molecule has 1 aliphatic heterocycles. The first-order valence-corrected chi connectivity index (χ1v) is 3.52. The van der Waals surface area contributed by atoms with Gasteiger partial charge in [0.2, 0.25) is 0 Å². The molecular formula is C8H12O3. The molecule has 11 heavy (non-hydrogen) atoms. The zero-order valence-corrected chi connectivity index (χ0v) is 6.74. The van der Waals surface area contributed by atoms with Crippen LogP contribution in [0.25, 0.3) is 0 Å². The Morgan fingerprint density at radius 3 is 2.27 bits per heavy atom. The number of hydrogen-bond donors (Lipinski definition) is 0. The summed E-state index contributed by atoms with van der Waals surface area (Å²) in [6.45, 7) is 7.08. The molecule has 0 aromatic carbocycles. The smallest absolute Gasteiger partial charge is 0.164 e. The largest absolute Gasteiger partial charge is 0.340 e. The van der Waals surface area contributed by atoms with Crippen molar-refractivity contribution in [2.75, 3.05) is 0 Å². The Bertz CT molecular complexity index is 156. The first-order valence-electron chi connectivity index (χ1n) is 3.52. The van der Waals surface area contributed by atoms with E-state index in [9.17, 15) is 4.79 Å². The Morgan fingerprint density at radius 1 is 1.36 bits per heavy atom. The van der Waals surface area contributed by atoms with E-state index in [1.807, 2.05) is 0 Å². The van der Waals surface area contributed by atoms with Gasteiger partial charge in [0.25, 0.3) is 0 Å². The highest BCUT2D eigenvalue weighted by molar-refractivity contribution is 5.58. The summed E-state index contributed by atoms with van der Waals surface area (Å²) in [6.07, 6.45) is 1.51. The quantitative estimate of drug-likeness (QED) is 0.440. The summed E-state index contributed by atoms with van der Waals surface area (Å²) in [5, 5.41) is 0. The molecule has 0 saturated carbocycles. The predicted molar refractivity (Wildman–Crippen MR) is 40.1 cm³/mol. The molecule has 3 nitrogen and oxygen atoms in total. The molecule has 0 aromatic heterocycles. The van der Waals surface area contributed by atoms with Crippen LogP contribution in [0.3, 0.4) is 0 Å². The van der Waals surface area contributed by atoms with Crippen molar-refractivity contribution in [1.29, 1.82) is 0 Å². The molecule has 62 valence electrons. The van der Waals surface area contributed by atoms with E-state index in [0.29, 0.717) is 0 Å². The van der Waals surface area contributed by atoms with Crippen molar-refractivity contribution in [3.63, 3.8) is 0 Å². The molecule has 1 fully saturated rings. The van der Waals surface area contributed by atoms with E-state index in [-0.39, 0.29) is 6.10 Å². The fraction of sp³-hybridized carbons (Fsp3) is 0.625. The Morgan fingerprint density at radius 2 is 1.91 bits per heavy atom. The van der Waals surface area contributed by atoms with E-state index in [1.54, 1.807) is 19.9 Å². The van der Waals surface area contributed by atoms with Crippen molar-refractivity contribution in [2.24, 2.45) is 0 Å². The van der Waals surface area contributed by atoms with Crippen LogP contribution in [0.4, 0.5) is 0 Å². The average molecular weight is 156 g/mol. The molecule has 0 unspecified atom stereocenters. The molecule has 0 spiro atoms. The Hall–Kier alpha value is -0.670. The van der Waals surface area contributed by atoms with Gasteiger partial charge in [-0.25, -0.2) is 0 Å². The molecule has 1 aliphatic rings. The first-order chi connectivity index (χ1) is 5.09. The zero-order valence-electron chi connectivity index (χ0n) is 6.74. The lowest BCUT2D eigenvalue weighted by Gasteiger charge is -2.15. The molecule has 3 heteroatoms. The van der Waals surface area contributed by atoms with Crippen LogP contribution < -0.4 is 0 Å². The molecule has 0 amide bonds. The SMILES string of the molecule is C=C[C@H]1OC(C)(C)O[C@H]1C=O. The normalized spacial score (nSPS) is 35.1. The molecule has 1 rings (SSSR count). The molecular weight excluding hydrogens is 144 g/mol. The van der Waals surface area contributed by atoms with Crippen LogP contribution in [0.2, 0.25) is 0 Å². The Balaban J connectivity index is 2.69. The minimum Gasteiger partial charge on any atom is -0.340 e. The standard InChI is InChI=1S/C8H12O3/c1-4-6-7(5-9)11-8(2,3)10-6/h4-7H,1H2,2-3H3/t6-,7+/m1/s1. The minimum absolute atomic E-state index is 0.303. The fourth-order valence-electron chi connectivity index (χ4n) is 1.10. The highest BCUT2D eigenvalue weighted by atomic mass is 16.8. The van der Waals surface area contributed by atoms with Crippen LogP contribution in [0.15, 0.2) is 12.7 Å². The van der Waals surface area contributed by atoms with E-state index in [2.05, 4.69) is 6.58 Å². The van der Waals surface area contributed by atoms with Crippen LogP contribution in [0.5, 0.6) is 0 Å². The van der Waals surface area contributed by atoms with Crippen molar-refractivity contribution >= 4 is 6.29 Å². The number of carbonyl (C=O) groups excluding carboxylic acids is 1. The lowest BCUT2D eigenvalue weighted by molar-refractivity contribution is -0.148. The van der Waals surface area contributed by atoms with E-state index in [0.717, 1.165) is 6.29 Å². The second kappa shape index (κ2) is 2.75. The summed E-state index contributed by atoms with van der Waals surface area (Å²) in [4.78, 5) is 10.4. The van der Waals surface area contributed by atoms with Gasteiger partial charge in [-0.05, 0) is 13.8 Å². The summed E-state index contributed by atoms with van der Waals surface area (Å²) in [6, 6.07) is 0. The summed E-state index contributed by atoms with van der Waals surface area (Å²) < 4.78 is 10.6. The molecule has 1 saturated heterocycles. The topological polar surface area (TPSA) is 35.5 Å². The number of ether oxygens (including phenoxy) is 2. The van der Waals surface area contributed by atoms with E-state index >= 15 is 0 Å². The van der Waals surface area contributed by atoms with Gasteiger partial charge in [0.05, 0.1) is 0 Å². The van der Waals surface area contributed by atoms with Crippen molar-refractivity contribution < 1.29 is 14.3 Å². The van der Waals surface area contributed by atoms with Gasteiger partial charge in [-0.3, -0.25) is 0 Å². The van der Waals surface area contributed by atoms with Crippen molar-refractivity contribution in [3.8, 4) is 0 Å². The van der Waals surface area contributed by atoms with E-state index in [1.165, 1.54) is 0 Å². The van der Waals surface area contributed by atoms with E-state index in [4.69, 9.17) is 9.47 Å². The lowest BCUT2D eigenvalue weighted by Crippen LogP contribution is -2.22. The van der Waals surface area contributed by atoms with Crippen LogP contribution in [0.1, 0.15) is 13.8 Å². The van der Waals surface area contributed by atoms with Gasteiger partial charge >= 0.3 is 0 Å². The first kappa shape index (κ1) is 8.43. The van der Waals surface area contributed by atoms with Gasteiger partial charge in [0, 0.05) is 0 Å². The van der Waals surface area contributed by atoms with Crippen LogP contribution >= 0.6 is 0 Å². The third-order valence-corrected chi connectivity index (χ3v) is 1.53. The summed E-state index contributed by atoms with van der Waals surface area (Å²) in [7, 11) is 0. The second-order valence-electron chi connectivity index (χ2n) is 2.94. The molecule has 0 bridgehead atoms. The Kier molecular flexibility index (Phi) is 2.11. The van der Waals surface area contributed by atoms with Gasteiger partial charge in [0.1, 0.15) is 12.2 Å². The zero-order chi connectivity index (χ0) is 8.48. The summed E-state index contributed by atoms with van der Waals surface area (Å²) >= 11 is 0. The highest BCUT2D eigenvalue weighted by Gasteiger charge is 2.39. The van der Waals surface area contributed by atoms with Crippen LogP contribution in [0, 0.1) is 0 Å². The molecule has 0 radical (unpaired) electrons. The van der Waals surface area contributed by atoms with Gasteiger partial charge < -0.3 is 14.3 Å². The van der Waals surface area contributed by atoms with E-state index < -0.39 is 11.9 Å². The van der Waals surface area contributed by atoms with Gasteiger partial charge in [-0.1, -0.05) is 6.08 Å². The van der Waals surface area contributed by atoms with Gasteiger partial charge in [-0.2, -0.15) is 0 Å². The monoisotopic (exact) mass is 156 g/mol. The number of rotatable bonds is 2. The van der Waals surface area contributed by atoms with Crippen LogP contribution in [-0.2, 0) is 14.3 Å². The molecule has 0 aliphatic carbocycles. The number of aldehydes is 1. The highest BCUT2D eigenvalue weighted by Crippen LogP contribution is 2.27. The third-order valence-electron chi connectivity index (χ3n) is 1.53. The van der Waals surface area contributed by atoms with Crippen molar-refractivity contribution in [2.45, 2.75) is 31.8 Å². The summed E-state index contributed by atoms with van der Waals surface area (Å²) in [5.74, 6) is -0.662. The molecule has 1 heterocycles. The maximum atomic E-state index is 10.4. The van der Waals surface area contributed by atoms with Crippen molar-refractivity contribution in [1.82, 2.24) is 0 Å². The average Bonchev–Trinajstić information content (AvgIpc) is 2.25. The van der Waals surface area contributed by atoms with Gasteiger partial charge in [-0.15, -0.1) is 6.58 Å². The van der Waals surface area contributed by atoms with Gasteiger partial charge in [0.15, 0.2) is 12.1 Å². The Labute approximate surface area is 66.0 Å². The molecule has 0 N–H and O–H groups in total. The lowest BCUT2D eigenvalue weighted by atomic mass is 10.2. The maximum Gasteiger partial charge on any atom is 0.164 e. The van der Waals surface area contributed by atoms with Crippen molar-refractivity contribution in [3.05, 3.63) is 12.7 Å². The second-order valence-corrected chi connectivity index (χ2v) is 2.94. The fourth-order valence-corrected chi connectivity index (χ4v) is 1.10.